The third-order valence-electron chi connectivity index (χ3n) is 3.85. The standard InChI is InChI=1S/C14H24O2/c1-4-13(15,5-2)9-8-12-14(16-3)10-6-7-11-14/h15H,4-7,9-11H2,1-3H3. The zero-order chi connectivity index (χ0) is 12.1. The second kappa shape index (κ2) is 5.70. The Balaban J connectivity index is 2.59. The largest absolute Gasteiger partial charge is 0.389 e. The van der Waals surface area contributed by atoms with Crippen LogP contribution in [0.2, 0.25) is 0 Å². The first-order valence-electron chi connectivity index (χ1n) is 6.37. The Hall–Kier alpha value is -0.520. The molecule has 1 saturated carbocycles. The predicted molar refractivity (Wildman–Crippen MR) is 66.1 cm³/mol. The van der Waals surface area contributed by atoms with E-state index in [0.29, 0.717) is 6.42 Å². The molecule has 0 radical (unpaired) electrons. The average molecular weight is 224 g/mol. The molecule has 1 rings (SSSR count). The summed E-state index contributed by atoms with van der Waals surface area (Å²) in [6.45, 7) is 4.01. The van der Waals surface area contributed by atoms with Gasteiger partial charge in [0, 0.05) is 13.5 Å². The van der Waals surface area contributed by atoms with Gasteiger partial charge in [-0.15, -0.1) is 0 Å². The normalized spacial score (nSPS) is 19.2. The highest BCUT2D eigenvalue weighted by Crippen LogP contribution is 2.32. The van der Waals surface area contributed by atoms with Crippen LogP contribution >= 0.6 is 0 Å². The van der Waals surface area contributed by atoms with E-state index in [4.69, 9.17) is 4.74 Å². The van der Waals surface area contributed by atoms with Gasteiger partial charge in [-0.25, -0.2) is 0 Å². The molecule has 0 aromatic rings. The van der Waals surface area contributed by atoms with Gasteiger partial charge in [0.15, 0.2) is 0 Å². The molecule has 0 amide bonds. The molecule has 0 saturated heterocycles. The van der Waals surface area contributed by atoms with Crippen LogP contribution in [-0.2, 0) is 4.74 Å². The first kappa shape index (κ1) is 13.5. The van der Waals surface area contributed by atoms with Gasteiger partial charge in [-0.2, -0.15) is 0 Å². The maximum absolute atomic E-state index is 10.1. The minimum atomic E-state index is -0.611. The summed E-state index contributed by atoms with van der Waals surface area (Å²) in [4.78, 5) is 0. The van der Waals surface area contributed by atoms with Gasteiger partial charge >= 0.3 is 0 Å². The fraction of sp³-hybridized carbons (Fsp3) is 0.857. The summed E-state index contributed by atoms with van der Waals surface area (Å²) in [6, 6.07) is 0. The molecule has 0 heterocycles. The molecule has 92 valence electrons. The number of aliphatic hydroxyl groups is 1. The van der Waals surface area contributed by atoms with Crippen LogP contribution in [0.1, 0.15) is 58.8 Å². The summed E-state index contributed by atoms with van der Waals surface area (Å²) in [7, 11) is 1.74. The lowest BCUT2D eigenvalue weighted by Crippen LogP contribution is -2.27. The number of rotatable bonds is 4. The summed E-state index contributed by atoms with van der Waals surface area (Å²) in [5.41, 5.74) is -0.830. The quantitative estimate of drug-likeness (QED) is 0.744. The van der Waals surface area contributed by atoms with E-state index in [9.17, 15) is 5.11 Å². The summed E-state index contributed by atoms with van der Waals surface area (Å²) in [6.07, 6.45) is 6.56. The molecule has 2 heteroatoms. The molecule has 0 aromatic carbocycles. The summed E-state index contributed by atoms with van der Waals surface area (Å²) < 4.78 is 5.53. The van der Waals surface area contributed by atoms with Crippen LogP contribution in [-0.4, -0.2) is 23.4 Å². The molecular weight excluding hydrogens is 200 g/mol. The number of hydrogen-bond acceptors (Lipinski definition) is 2. The Labute approximate surface area is 99.4 Å². The van der Waals surface area contributed by atoms with E-state index in [0.717, 1.165) is 25.7 Å². The van der Waals surface area contributed by atoms with Gasteiger partial charge in [-0.3, -0.25) is 0 Å². The molecule has 2 nitrogen and oxygen atoms in total. The van der Waals surface area contributed by atoms with E-state index in [2.05, 4.69) is 11.8 Å². The van der Waals surface area contributed by atoms with Crippen molar-refractivity contribution in [3.63, 3.8) is 0 Å². The van der Waals surface area contributed by atoms with E-state index < -0.39 is 5.60 Å². The van der Waals surface area contributed by atoms with Crippen LogP contribution in [0.3, 0.4) is 0 Å². The Kier molecular flexibility index (Phi) is 4.83. The first-order valence-corrected chi connectivity index (χ1v) is 6.37. The maximum atomic E-state index is 10.1. The molecular formula is C14H24O2. The zero-order valence-electron chi connectivity index (χ0n) is 10.8. The van der Waals surface area contributed by atoms with Gasteiger partial charge < -0.3 is 9.84 Å². The third kappa shape index (κ3) is 3.23. The molecule has 0 bridgehead atoms. The Morgan fingerprint density at radius 1 is 1.25 bits per heavy atom. The predicted octanol–water partition coefficient (Wildman–Crippen LogP) is 2.89. The molecule has 0 aliphatic heterocycles. The van der Waals surface area contributed by atoms with Crippen molar-refractivity contribution < 1.29 is 9.84 Å². The highest BCUT2D eigenvalue weighted by molar-refractivity contribution is 5.17. The van der Waals surface area contributed by atoms with E-state index in [-0.39, 0.29) is 5.60 Å². The van der Waals surface area contributed by atoms with Crippen molar-refractivity contribution in [2.24, 2.45) is 0 Å². The highest BCUT2D eigenvalue weighted by Gasteiger charge is 2.31. The van der Waals surface area contributed by atoms with Gasteiger partial charge in [0.2, 0.25) is 0 Å². The molecule has 0 atom stereocenters. The van der Waals surface area contributed by atoms with Gasteiger partial charge in [0.1, 0.15) is 5.60 Å². The lowest BCUT2D eigenvalue weighted by molar-refractivity contribution is 0.0357. The topological polar surface area (TPSA) is 29.5 Å². The second-order valence-electron chi connectivity index (χ2n) is 4.82. The van der Waals surface area contributed by atoms with E-state index >= 15 is 0 Å². The Morgan fingerprint density at radius 3 is 2.25 bits per heavy atom. The summed E-state index contributed by atoms with van der Waals surface area (Å²) in [5, 5.41) is 10.1. The van der Waals surface area contributed by atoms with Crippen molar-refractivity contribution in [1.29, 1.82) is 0 Å². The van der Waals surface area contributed by atoms with Gasteiger partial charge in [0.05, 0.1) is 5.60 Å². The van der Waals surface area contributed by atoms with Gasteiger partial charge in [-0.1, -0.05) is 25.7 Å². The fourth-order valence-corrected chi connectivity index (χ4v) is 2.20. The molecule has 1 fully saturated rings. The highest BCUT2D eigenvalue weighted by atomic mass is 16.5. The van der Waals surface area contributed by atoms with Crippen LogP contribution in [0.25, 0.3) is 0 Å². The van der Waals surface area contributed by atoms with Gasteiger partial charge in [-0.05, 0) is 38.5 Å². The number of methoxy groups -OCH3 is 1. The molecule has 16 heavy (non-hydrogen) atoms. The van der Waals surface area contributed by atoms with E-state index in [1.165, 1.54) is 12.8 Å². The summed E-state index contributed by atoms with van der Waals surface area (Å²) in [5.74, 6) is 6.37. The van der Waals surface area contributed by atoms with Crippen LogP contribution in [0, 0.1) is 11.8 Å². The van der Waals surface area contributed by atoms with Crippen molar-refractivity contribution in [1.82, 2.24) is 0 Å². The fourth-order valence-electron chi connectivity index (χ4n) is 2.20. The van der Waals surface area contributed by atoms with Crippen LogP contribution in [0.15, 0.2) is 0 Å². The molecule has 1 N–H and O–H groups in total. The third-order valence-corrected chi connectivity index (χ3v) is 3.85. The number of ether oxygens (including phenoxy) is 1. The molecule has 0 spiro atoms. The van der Waals surface area contributed by atoms with E-state index in [1.807, 2.05) is 13.8 Å². The Bertz CT molecular complexity index is 262. The van der Waals surface area contributed by atoms with Crippen molar-refractivity contribution >= 4 is 0 Å². The lowest BCUT2D eigenvalue weighted by Gasteiger charge is -2.23. The van der Waals surface area contributed by atoms with Crippen molar-refractivity contribution in [3.05, 3.63) is 0 Å². The monoisotopic (exact) mass is 224 g/mol. The lowest BCUT2D eigenvalue weighted by atomic mass is 9.93. The van der Waals surface area contributed by atoms with Crippen LogP contribution in [0.5, 0.6) is 0 Å². The van der Waals surface area contributed by atoms with Crippen molar-refractivity contribution in [3.8, 4) is 11.8 Å². The minimum absolute atomic E-state index is 0.220. The van der Waals surface area contributed by atoms with Crippen LogP contribution < -0.4 is 0 Å². The van der Waals surface area contributed by atoms with Crippen LogP contribution in [0.4, 0.5) is 0 Å². The van der Waals surface area contributed by atoms with Gasteiger partial charge in [0.25, 0.3) is 0 Å². The minimum Gasteiger partial charge on any atom is -0.389 e. The van der Waals surface area contributed by atoms with Crippen molar-refractivity contribution in [2.75, 3.05) is 7.11 Å². The SMILES string of the molecule is CCC(O)(CC)CC#CC1(OC)CCCC1. The van der Waals surface area contributed by atoms with Crippen molar-refractivity contribution in [2.45, 2.75) is 70.0 Å². The Morgan fingerprint density at radius 2 is 1.81 bits per heavy atom. The maximum Gasteiger partial charge on any atom is 0.128 e. The molecule has 0 aromatic heterocycles. The molecule has 1 aliphatic carbocycles. The van der Waals surface area contributed by atoms with E-state index in [1.54, 1.807) is 7.11 Å². The smallest absolute Gasteiger partial charge is 0.128 e. The molecule has 1 aliphatic rings. The zero-order valence-corrected chi connectivity index (χ0v) is 10.8. The number of hydrogen-bond donors (Lipinski definition) is 1. The summed E-state index contributed by atoms with van der Waals surface area (Å²) >= 11 is 0. The molecule has 0 unspecified atom stereocenters. The first-order chi connectivity index (χ1) is 7.60. The second-order valence-corrected chi connectivity index (χ2v) is 4.82. The average Bonchev–Trinajstić information content (AvgIpc) is 2.78.